The van der Waals surface area contributed by atoms with Gasteiger partial charge in [0, 0.05) is 51.1 Å². The highest BCUT2D eigenvalue weighted by atomic mass is 35.5. The van der Waals surface area contributed by atoms with Crippen molar-refractivity contribution in [3.63, 3.8) is 0 Å². The van der Waals surface area contributed by atoms with Crippen LogP contribution in [0.3, 0.4) is 0 Å². The van der Waals surface area contributed by atoms with Crippen LogP contribution in [0, 0.1) is 5.92 Å². The molecule has 2 fully saturated rings. The molecule has 2 heterocycles. The monoisotopic (exact) mass is 666 g/mol. The molecule has 5 amide bonds. The standard InChI is InChI=1S/C35H47ClN6O5/c1-23(2)31-34(46)37-16-10-20-42(35(47)26-14-15-29(27(36)22-26)41-17-7-8-18-41)19-9-13-30(43)39-28(21-25-11-5-4-6-12-25)33(45)38-24(3)32(44)40-31/h4-6,11-12,14-15,22-24,28,31H,7-10,13,16-21H2,1-3H3,(H,37,46)(H,38,45)(H,39,43)(H,40,44)/t24-,28+,31-/m1/s1. The van der Waals surface area contributed by atoms with Gasteiger partial charge in [-0.25, -0.2) is 0 Å². The zero-order valence-corrected chi connectivity index (χ0v) is 28.3. The van der Waals surface area contributed by atoms with Crippen LogP contribution >= 0.6 is 11.6 Å². The molecule has 0 saturated carbocycles. The summed E-state index contributed by atoms with van der Waals surface area (Å²) in [6, 6.07) is 11.9. The van der Waals surface area contributed by atoms with E-state index in [9.17, 15) is 24.0 Å². The van der Waals surface area contributed by atoms with Crippen molar-refractivity contribution in [3.05, 3.63) is 64.7 Å². The van der Waals surface area contributed by atoms with Gasteiger partial charge >= 0.3 is 0 Å². The number of nitrogens with zero attached hydrogens (tertiary/aromatic N) is 2. The zero-order chi connectivity index (χ0) is 33.9. The van der Waals surface area contributed by atoms with Crippen LogP contribution in [0.2, 0.25) is 5.02 Å². The molecule has 2 aliphatic rings. The molecule has 2 aliphatic heterocycles. The Morgan fingerprint density at radius 2 is 1.55 bits per heavy atom. The van der Waals surface area contributed by atoms with E-state index in [1.165, 1.54) is 0 Å². The molecule has 0 aliphatic carbocycles. The van der Waals surface area contributed by atoms with Crippen molar-refractivity contribution >= 4 is 46.8 Å². The molecule has 0 spiro atoms. The summed E-state index contributed by atoms with van der Waals surface area (Å²) < 4.78 is 0. The largest absolute Gasteiger partial charge is 0.370 e. The van der Waals surface area contributed by atoms with Gasteiger partial charge in [0.05, 0.1) is 10.7 Å². The zero-order valence-electron chi connectivity index (χ0n) is 27.5. The van der Waals surface area contributed by atoms with E-state index in [0.29, 0.717) is 36.5 Å². The number of amides is 5. The van der Waals surface area contributed by atoms with E-state index in [-0.39, 0.29) is 43.0 Å². The normalized spacial score (nSPS) is 22.5. The van der Waals surface area contributed by atoms with Crippen molar-refractivity contribution in [1.82, 2.24) is 26.2 Å². The van der Waals surface area contributed by atoms with E-state index in [4.69, 9.17) is 11.6 Å². The Bertz CT molecular complexity index is 1410. The van der Waals surface area contributed by atoms with Gasteiger partial charge in [0.2, 0.25) is 23.6 Å². The average Bonchev–Trinajstić information content (AvgIpc) is 3.58. The van der Waals surface area contributed by atoms with E-state index in [0.717, 1.165) is 37.2 Å². The van der Waals surface area contributed by atoms with E-state index < -0.39 is 29.9 Å². The number of benzene rings is 2. The fourth-order valence-electron chi connectivity index (χ4n) is 5.89. The SMILES string of the molecule is CC(C)[C@H]1NC(=O)[C@@H](C)NC(=O)[C@H](Cc2ccccc2)NC(=O)CCCN(C(=O)c2ccc(N3CCCC3)c(Cl)c2)CCCNC1=O. The van der Waals surface area contributed by atoms with Crippen LogP contribution in [0.1, 0.15) is 68.8 Å². The highest BCUT2D eigenvalue weighted by molar-refractivity contribution is 6.33. The third-order valence-corrected chi connectivity index (χ3v) is 8.90. The summed E-state index contributed by atoms with van der Waals surface area (Å²) in [5.41, 5.74) is 2.20. The molecule has 0 bridgehead atoms. The van der Waals surface area contributed by atoms with E-state index >= 15 is 0 Å². The molecule has 254 valence electrons. The number of halogens is 1. The molecule has 4 rings (SSSR count). The smallest absolute Gasteiger partial charge is 0.253 e. The lowest BCUT2D eigenvalue weighted by Crippen LogP contribution is -2.57. The minimum atomic E-state index is -0.942. The Kier molecular flexibility index (Phi) is 13.0. The summed E-state index contributed by atoms with van der Waals surface area (Å²) >= 11 is 6.63. The highest BCUT2D eigenvalue weighted by Crippen LogP contribution is 2.30. The van der Waals surface area contributed by atoms with Crippen molar-refractivity contribution in [1.29, 1.82) is 0 Å². The summed E-state index contributed by atoms with van der Waals surface area (Å²) in [4.78, 5) is 70.3. The molecule has 47 heavy (non-hydrogen) atoms. The predicted molar refractivity (Wildman–Crippen MR) is 182 cm³/mol. The van der Waals surface area contributed by atoms with Gasteiger partial charge in [0.25, 0.3) is 5.91 Å². The van der Waals surface area contributed by atoms with Crippen molar-refractivity contribution in [3.8, 4) is 0 Å². The quantitative estimate of drug-likeness (QED) is 0.387. The van der Waals surface area contributed by atoms with Crippen LogP contribution < -0.4 is 26.2 Å². The van der Waals surface area contributed by atoms with Crippen molar-refractivity contribution in [2.75, 3.05) is 37.6 Å². The number of rotatable bonds is 5. The van der Waals surface area contributed by atoms with Crippen LogP contribution in [-0.2, 0) is 25.6 Å². The topological polar surface area (TPSA) is 140 Å². The van der Waals surface area contributed by atoms with Crippen LogP contribution in [-0.4, -0.2) is 85.3 Å². The van der Waals surface area contributed by atoms with E-state index in [1.54, 1.807) is 24.0 Å². The lowest BCUT2D eigenvalue weighted by atomic mass is 10.0. The lowest BCUT2D eigenvalue weighted by Gasteiger charge is -2.27. The predicted octanol–water partition coefficient (Wildman–Crippen LogP) is 3.06. The Labute approximate surface area is 282 Å². The van der Waals surface area contributed by atoms with Gasteiger partial charge in [-0.05, 0) is 62.3 Å². The maximum atomic E-state index is 13.7. The Morgan fingerprint density at radius 1 is 0.851 bits per heavy atom. The van der Waals surface area contributed by atoms with E-state index in [1.807, 2.05) is 50.2 Å². The first-order valence-electron chi connectivity index (χ1n) is 16.6. The molecular formula is C35H47ClN6O5. The fraction of sp³-hybridized carbons (Fsp3) is 0.514. The van der Waals surface area contributed by atoms with Gasteiger partial charge < -0.3 is 31.1 Å². The van der Waals surface area contributed by atoms with Gasteiger partial charge in [-0.3, -0.25) is 24.0 Å². The number of hydrogen-bond donors (Lipinski definition) is 4. The van der Waals surface area contributed by atoms with Gasteiger partial charge in [-0.2, -0.15) is 0 Å². The van der Waals surface area contributed by atoms with Crippen LogP contribution in [0.15, 0.2) is 48.5 Å². The highest BCUT2D eigenvalue weighted by Gasteiger charge is 2.29. The molecule has 0 aromatic heterocycles. The second-order valence-corrected chi connectivity index (χ2v) is 13.1. The summed E-state index contributed by atoms with van der Waals surface area (Å²) in [6.07, 6.45) is 3.35. The Morgan fingerprint density at radius 3 is 2.23 bits per heavy atom. The Balaban J connectivity index is 1.53. The minimum absolute atomic E-state index is 0.0832. The van der Waals surface area contributed by atoms with Crippen molar-refractivity contribution in [2.45, 2.75) is 77.4 Å². The van der Waals surface area contributed by atoms with Gasteiger partial charge in [-0.15, -0.1) is 0 Å². The number of anilines is 1. The molecule has 11 nitrogen and oxygen atoms in total. The fourth-order valence-corrected chi connectivity index (χ4v) is 6.19. The lowest BCUT2D eigenvalue weighted by molar-refractivity contribution is -0.134. The van der Waals surface area contributed by atoms with Crippen LogP contribution in [0.5, 0.6) is 0 Å². The number of nitrogens with one attached hydrogen (secondary N) is 4. The summed E-state index contributed by atoms with van der Waals surface area (Å²) in [5.74, 6) is -2.14. The number of carbonyl (C=O) groups is 5. The molecule has 12 heteroatoms. The number of hydrogen-bond acceptors (Lipinski definition) is 6. The molecule has 4 N–H and O–H groups in total. The maximum absolute atomic E-state index is 13.7. The summed E-state index contributed by atoms with van der Waals surface area (Å²) in [7, 11) is 0. The molecule has 2 aromatic carbocycles. The average molecular weight is 667 g/mol. The minimum Gasteiger partial charge on any atom is -0.370 e. The van der Waals surface area contributed by atoms with Crippen LogP contribution in [0.25, 0.3) is 0 Å². The first kappa shape index (κ1) is 35.7. The summed E-state index contributed by atoms with van der Waals surface area (Å²) in [5, 5.41) is 11.7. The first-order valence-corrected chi connectivity index (χ1v) is 17.0. The van der Waals surface area contributed by atoms with Gasteiger partial charge in [0.15, 0.2) is 0 Å². The van der Waals surface area contributed by atoms with Crippen molar-refractivity contribution < 1.29 is 24.0 Å². The molecule has 2 aromatic rings. The van der Waals surface area contributed by atoms with Crippen LogP contribution in [0.4, 0.5) is 5.69 Å². The maximum Gasteiger partial charge on any atom is 0.253 e. The summed E-state index contributed by atoms with van der Waals surface area (Å²) in [6.45, 7) is 7.97. The Hall–Kier alpha value is -4.12. The second kappa shape index (κ2) is 17.2. The third-order valence-electron chi connectivity index (χ3n) is 8.60. The van der Waals surface area contributed by atoms with E-state index in [2.05, 4.69) is 26.2 Å². The first-order chi connectivity index (χ1) is 22.5. The molecule has 2 saturated heterocycles. The van der Waals surface area contributed by atoms with Gasteiger partial charge in [-0.1, -0.05) is 55.8 Å². The molecule has 0 unspecified atom stereocenters. The van der Waals surface area contributed by atoms with Gasteiger partial charge in [0.1, 0.15) is 18.1 Å². The molecule has 3 atom stereocenters. The third kappa shape index (κ3) is 10.2. The second-order valence-electron chi connectivity index (χ2n) is 12.7. The van der Waals surface area contributed by atoms with Crippen molar-refractivity contribution in [2.24, 2.45) is 5.92 Å². The number of carbonyl (C=O) groups excluding carboxylic acids is 5. The molecule has 0 radical (unpaired) electrons. The molecular weight excluding hydrogens is 620 g/mol.